The smallest absolute Gasteiger partial charge is 0.259 e. The summed E-state index contributed by atoms with van der Waals surface area (Å²) < 4.78 is 16.7. The van der Waals surface area contributed by atoms with Gasteiger partial charge in [-0.25, -0.2) is 14.2 Å². The van der Waals surface area contributed by atoms with Crippen LogP contribution in [0.25, 0.3) is 17.0 Å². The molecule has 1 aliphatic rings. The number of nitrogens with zero attached hydrogens (tertiary/aromatic N) is 7. The number of rotatable bonds is 4. The fraction of sp³-hybridized carbons (Fsp3) is 0.333. The Morgan fingerprint density at radius 1 is 1.06 bits per heavy atom. The van der Waals surface area contributed by atoms with E-state index in [1.807, 2.05) is 51.2 Å². The Hall–Kier alpha value is -5.66. The highest BCUT2D eigenvalue weighted by Crippen LogP contribution is 2.29. The minimum atomic E-state index is -0.534. The minimum Gasteiger partial charge on any atom is -0.493 e. The maximum Gasteiger partial charge on any atom is 0.259 e. The van der Waals surface area contributed by atoms with E-state index < -0.39 is 6.04 Å². The summed E-state index contributed by atoms with van der Waals surface area (Å²) >= 11 is 0. The third kappa shape index (κ3) is 6.52. The van der Waals surface area contributed by atoms with E-state index in [2.05, 4.69) is 15.7 Å². The normalized spacial score (nSPS) is 16.3. The fourth-order valence-corrected chi connectivity index (χ4v) is 5.58. The summed E-state index contributed by atoms with van der Waals surface area (Å²) in [4.78, 5) is 47.1. The zero-order chi connectivity index (χ0) is 33.1. The first kappa shape index (κ1) is 31.3. The number of benzene rings is 2. The minimum absolute atomic E-state index is 0.0694. The molecule has 0 saturated carbocycles. The number of hydrogen-bond acceptors (Lipinski definition) is 8. The topological polar surface area (TPSA) is 150 Å². The average Bonchev–Trinajstić information content (AvgIpc) is 3.79. The quantitative estimate of drug-likeness (QED) is 0.305. The number of carbonyl (C=O) groups excluding carboxylic acids is 3. The molecule has 0 saturated heterocycles. The summed E-state index contributed by atoms with van der Waals surface area (Å²) in [6.07, 6.45) is 5.03. The molecule has 0 radical (unpaired) electrons. The lowest BCUT2D eigenvalue weighted by Crippen LogP contribution is -2.46. The third-order valence-electron chi connectivity index (χ3n) is 8.03. The summed E-state index contributed by atoms with van der Waals surface area (Å²) in [7, 11) is 3.35. The first-order chi connectivity index (χ1) is 22.7. The van der Waals surface area contributed by atoms with Gasteiger partial charge in [-0.3, -0.25) is 14.4 Å². The van der Waals surface area contributed by atoms with Gasteiger partial charge in [-0.15, -0.1) is 0 Å². The van der Waals surface area contributed by atoms with Crippen molar-refractivity contribution in [1.82, 2.24) is 44.5 Å². The number of imidazole rings is 1. The van der Waals surface area contributed by atoms with Crippen LogP contribution in [0.3, 0.4) is 0 Å². The number of fused-ring (bicyclic) bond motifs is 4. The molecule has 14 heteroatoms. The number of aromatic nitrogens is 6. The van der Waals surface area contributed by atoms with Crippen LogP contribution < -0.4 is 20.1 Å². The van der Waals surface area contributed by atoms with E-state index in [-0.39, 0.29) is 49.9 Å². The van der Waals surface area contributed by atoms with Crippen LogP contribution in [0.5, 0.6) is 11.5 Å². The van der Waals surface area contributed by atoms with Gasteiger partial charge in [-0.1, -0.05) is 44.2 Å². The zero-order valence-corrected chi connectivity index (χ0v) is 26.7. The van der Waals surface area contributed by atoms with Crippen LogP contribution in [0.1, 0.15) is 46.4 Å². The van der Waals surface area contributed by atoms with Gasteiger partial charge in [0.2, 0.25) is 5.91 Å². The molecule has 3 aromatic heterocycles. The van der Waals surface area contributed by atoms with Gasteiger partial charge >= 0.3 is 0 Å². The van der Waals surface area contributed by atoms with Gasteiger partial charge in [-0.2, -0.15) is 10.2 Å². The number of carbonyl (C=O) groups is 3. The maximum absolute atomic E-state index is 13.9. The summed E-state index contributed by atoms with van der Waals surface area (Å²) in [5, 5.41) is 15.1. The SMILES string of the molecule is COc1ccc2cc1OCCn1nc(-c3ccccc3)nc1[C@@H](C(C)C)NC(=O)CN(C(=O)c1cnn3ccn(C)c13)CCNC2=O. The van der Waals surface area contributed by atoms with E-state index >= 15 is 0 Å². The first-order valence-electron chi connectivity index (χ1n) is 15.4. The molecule has 0 fully saturated rings. The Labute approximate surface area is 271 Å². The highest BCUT2D eigenvalue weighted by atomic mass is 16.5. The fourth-order valence-electron chi connectivity index (χ4n) is 5.58. The highest BCUT2D eigenvalue weighted by molar-refractivity contribution is 6.01. The number of nitrogens with one attached hydrogen (secondary N) is 2. The van der Waals surface area contributed by atoms with Crippen LogP contribution in [-0.4, -0.2) is 84.9 Å². The van der Waals surface area contributed by atoms with Gasteiger partial charge in [0.05, 0.1) is 32.4 Å². The van der Waals surface area contributed by atoms with Crippen molar-refractivity contribution >= 4 is 23.4 Å². The predicted molar refractivity (Wildman–Crippen MR) is 172 cm³/mol. The van der Waals surface area contributed by atoms with Crippen LogP contribution >= 0.6 is 0 Å². The van der Waals surface area contributed by atoms with Crippen LogP contribution in [0.15, 0.2) is 67.1 Å². The van der Waals surface area contributed by atoms with Gasteiger partial charge in [0.25, 0.3) is 11.8 Å². The number of aryl methyl sites for hydroxylation is 1. The Morgan fingerprint density at radius 2 is 1.87 bits per heavy atom. The maximum atomic E-state index is 13.9. The molecule has 0 aliphatic carbocycles. The second-order valence-corrected chi connectivity index (χ2v) is 11.6. The standard InChI is InChI=1S/C33H37N9O5/c1-21(2)28-30-37-29(22-8-6-5-7-9-22)38-41(30)16-17-47-26-18-23(10-11-25(26)46-4)31(44)34-12-13-40(20-27(43)36-28)33(45)24-19-35-42-15-14-39(3)32(24)42/h5-11,14-15,18-19,21,28H,12-13,16-17,20H2,1-4H3,(H,34,44)(H,36,43)/t28-/m1/s1. The van der Waals surface area contributed by atoms with Gasteiger partial charge in [-0.05, 0) is 24.1 Å². The van der Waals surface area contributed by atoms with E-state index in [9.17, 15) is 14.4 Å². The number of amides is 3. The monoisotopic (exact) mass is 639 g/mol. The van der Waals surface area contributed by atoms with Crippen molar-refractivity contribution in [2.24, 2.45) is 13.0 Å². The van der Waals surface area contributed by atoms with Gasteiger partial charge in [0, 0.05) is 43.7 Å². The van der Waals surface area contributed by atoms with E-state index in [1.54, 1.807) is 44.4 Å². The molecule has 47 heavy (non-hydrogen) atoms. The lowest BCUT2D eigenvalue weighted by molar-refractivity contribution is -0.123. The van der Waals surface area contributed by atoms with Gasteiger partial charge in [0.15, 0.2) is 23.1 Å². The van der Waals surface area contributed by atoms with Crippen molar-refractivity contribution in [2.75, 3.05) is 33.4 Å². The zero-order valence-electron chi connectivity index (χ0n) is 26.7. The van der Waals surface area contributed by atoms with E-state index in [4.69, 9.17) is 19.6 Å². The lowest BCUT2D eigenvalue weighted by atomic mass is 10.0. The Balaban J connectivity index is 1.38. The van der Waals surface area contributed by atoms with Crippen LogP contribution in [0, 0.1) is 5.92 Å². The molecule has 1 atom stereocenters. The predicted octanol–water partition coefficient (Wildman–Crippen LogP) is 2.72. The van der Waals surface area contributed by atoms with Crippen molar-refractivity contribution < 1.29 is 23.9 Å². The second kappa shape index (κ2) is 13.4. The summed E-state index contributed by atoms with van der Waals surface area (Å²) in [5.74, 6) is 0.723. The van der Waals surface area contributed by atoms with Crippen molar-refractivity contribution in [3.05, 3.63) is 84.1 Å². The Kier molecular flexibility index (Phi) is 8.91. The molecule has 14 nitrogen and oxygen atoms in total. The van der Waals surface area contributed by atoms with Gasteiger partial charge < -0.3 is 29.6 Å². The van der Waals surface area contributed by atoms with Crippen molar-refractivity contribution in [3.63, 3.8) is 0 Å². The molecule has 5 aromatic rings. The van der Waals surface area contributed by atoms with Crippen LogP contribution in [-0.2, 0) is 18.4 Å². The molecule has 3 amide bonds. The molecule has 0 spiro atoms. The molecule has 4 heterocycles. The van der Waals surface area contributed by atoms with E-state index in [0.717, 1.165) is 5.56 Å². The van der Waals surface area contributed by atoms with Crippen molar-refractivity contribution in [3.8, 4) is 22.9 Å². The number of hydrogen-bond donors (Lipinski definition) is 2. The Morgan fingerprint density at radius 3 is 2.64 bits per heavy atom. The van der Waals surface area contributed by atoms with Crippen molar-refractivity contribution in [2.45, 2.75) is 26.4 Å². The molecular formula is C33H37N9O5. The molecule has 0 unspecified atom stereocenters. The van der Waals surface area contributed by atoms with Crippen molar-refractivity contribution in [1.29, 1.82) is 0 Å². The number of ether oxygens (including phenoxy) is 2. The summed E-state index contributed by atoms with van der Waals surface area (Å²) in [5.41, 5.74) is 2.12. The molecule has 6 rings (SSSR count). The van der Waals surface area contributed by atoms with Crippen LogP contribution in [0.4, 0.5) is 0 Å². The highest BCUT2D eigenvalue weighted by Gasteiger charge is 2.29. The second-order valence-electron chi connectivity index (χ2n) is 11.6. The summed E-state index contributed by atoms with van der Waals surface area (Å²) in [6.45, 7) is 4.37. The molecule has 2 N–H and O–H groups in total. The van der Waals surface area contributed by atoms with E-state index in [1.165, 1.54) is 18.2 Å². The molecule has 2 aromatic carbocycles. The third-order valence-corrected chi connectivity index (χ3v) is 8.03. The first-order valence-corrected chi connectivity index (χ1v) is 15.4. The molecule has 2 bridgehead atoms. The van der Waals surface area contributed by atoms with Gasteiger partial charge in [0.1, 0.15) is 17.8 Å². The average molecular weight is 640 g/mol. The number of methoxy groups -OCH3 is 1. The largest absolute Gasteiger partial charge is 0.493 e. The molecule has 1 aliphatic heterocycles. The lowest BCUT2D eigenvalue weighted by Gasteiger charge is -2.26. The summed E-state index contributed by atoms with van der Waals surface area (Å²) in [6, 6.07) is 14.0. The molecule has 244 valence electrons. The Bertz CT molecular complexity index is 1910. The molecular weight excluding hydrogens is 602 g/mol. The van der Waals surface area contributed by atoms with Crippen LogP contribution in [0.2, 0.25) is 0 Å². The van der Waals surface area contributed by atoms with E-state index in [0.29, 0.717) is 46.5 Å².